The third-order valence-electron chi connectivity index (χ3n) is 3.71. The first-order valence-electron chi connectivity index (χ1n) is 7.33. The number of benzene rings is 2. The molecule has 0 aromatic heterocycles. The Balaban J connectivity index is 0.00000242. The number of hydrogen-bond donors (Lipinski definition) is 1. The maximum Gasteiger partial charge on any atom is 0.0930 e. The summed E-state index contributed by atoms with van der Waals surface area (Å²) in [6.45, 7) is 12.7. The predicted octanol–water partition coefficient (Wildman–Crippen LogP) is 5.73. The van der Waals surface area contributed by atoms with Crippen molar-refractivity contribution < 1.29 is 0 Å². The van der Waals surface area contributed by atoms with Gasteiger partial charge in [-0.2, -0.15) is 0 Å². The summed E-state index contributed by atoms with van der Waals surface area (Å²) in [5.74, 6) is 0. The fourth-order valence-corrected chi connectivity index (χ4v) is 2.95. The lowest BCUT2D eigenvalue weighted by atomic mass is 10.1. The van der Waals surface area contributed by atoms with E-state index in [-0.39, 0.29) is 12.4 Å². The van der Waals surface area contributed by atoms with Crippen molar-refractivity contribution in [1.82, 2.24) is 0 Å². The average Bonchev–Trinajstić information content (AvgIpc) is 2.34. The van der Waals surface area contributed by atoms with Crippen LogP contribution in [0.2, 0.25) is 0 Å². The number of aryl methyl sites for hydroxylation is 6. The number of anilines is 1. The Labute approximate surface area is 140 Å². The zero-order chi connectivity index (χ0) is 15.6. The Kier molecular flexibility index (Phi) is 6.19. The quantitative estimate of drug-likeness (QED) is 0.567. The van der Waals surface area contributed by atoms with E-state index in [1.807, 2.05) is 0 Å². The molecule has 2 nitrogen and oxygen atoms in total. The van der Waals surface area contributed by atoms with Crippen LogP contribution in [0.3, 0.4) is 0 Å². The van der Waals surface area contributed by atoms with E-state index in [4.69, 9.17) is 0 Å². The second-order valence-electron chi connectivity index (χ2n) is 5.92. The van der Waals surface area contributed by atoms with E-state index in [2.05, 4.69) is 76.1 Å². The Bertz CT molecular complexity index is 657. The van der Waals surface area contributed by atoms with Crippen molar-refractivity contribution in [3.05, 3.63) is 57.6 Å². The monoisotopic (exact) mass is 316 g/mol. The Morgan fingerprint density at radius 1 is 0.727 bits per heavy atom. The summed E-state index contributed by atoms with van der Waals surface area (Å²) in [7, 11) is 0. The summed E-state index contributed by atoms with van der Waals surface area (Å²) in [5.41, 5.74) is 9.68. The highest BCUT2D eigenvalue weighted by atomic mass is 35.5. The van der Waals surface area contributed by atoms with Crippen molar-refractivity contribution in [2.45, 2.75) is 41.5 Å². The van der Waals surface area contributed by atoms with Crippen molar-refractivity contribution in [3.8, 4) is 0 Å². The second kappa shape index (κ2) is 7.46. The van der Waals surface area contributed by atoms with Crippen molar-refractivity contribution in [2.75, 3.05) is 5.32 Å². The molecule has 0 fully saturated rings. The molecule has 0 amide bonds. The zero-order valence-electron chi connectivity index (χ0n) is 14.2. The third-order valence-corrected chi connectivity index (χ3v) is 3.71. The minimum atomic E-state index is 0. The second-order valence-corrected chi connectivity index (χ2v) is 5.92. The summed E-state index contributed by atoms with van der Waals surface area (Å²) < 4.78 is 0. The molecule has 0 bridgehead atoms. The summed E-state index contributed by atoms with van der Waals surface area (Å²) >= 11 is 0. The van der Waals surface area contributed by atoms with Crippen LogP contribution in [0, 0.1) is 41.5 Å². The molecule has 2 aromatic rings. The van der Waals surface area contributed by atoms with E-state index in [0.29, 0.717) is 0 Å². The number of aliphatic imine (C=N–C) groups is 1. The van der Waals surface area contributed by atoms with Crippen LogP contribution < -0.4 is 5.32 Å². The molecule has 22 heavy (non-hydrogen) atoms. The maximum absolute atomic E-state index is 4.61. The SMILES string of the molecule is Cc1cc(C)c(N=CNc2c(C)cc(C)cc2C)c(C)c1.Cl. The predicted molar refractivity (Wildman–Crippen MR) is 100 cm³/mol. The van der Waals surface area contributed by atoms with Gasteiger partial charge in [0.2, 0.25) is 0 Å². The summed E-state index contributed by atoms with van der Waals surface area (Å²) in [4.78, 5) is 4.61. The normalized spacial score (nSPS) is 10.6. The zero-order valence-corrected chi connectivity index (χ0v) is 15.1. The molecule has 0 radical (unpaired) electrons. The first kappa shape index (κ1) is 18.2. The Morgan fingerprint density at radius 3 is 1.59 bits per heavy atom. The van der Waals surface area contributed by atoms with E-state index >= 15 is 0 Å². The number of nitrogens with one attached hydrogen (secondary N) is 1. The van der Waals surface area contributed by atoms with Crippen LogP contribution in [0.5, 0.6) is 0 Å². The third kappa shape index (κ3) is 4.11. The van der Waals surface area contributed by atoms with E-state index in [0.717, 1.165) is 11.4 Å². The molecule has 2 rings (SSSR count). The maximum atomic E-state index is 4.61. The standard InChI is InChI=1S/C19H24N2.ClH/c1-12-7-14(3)18(15(4)8-12)20-11-21-19-16(5)9-13(2)10-17(19)6;/h7-11H,1-6H3,(H,20,21);1H. The fourth-order valence-electron chi connectivity index (χ4n) is 2.95. The minimum Gasteiger partial charge on any atom is -0.346 e. The van der Waals surface area contributed by atoms with Crippen LogP contribution in [0.4, 0.5) is 11.4 Å². The lowest BCUT2D eigenvalue weighted by molar-refractivity contribution is 1.28. The van der Waals surface area contributed by atoms with E-state index in [9.17, 15) is 0 Å². The van der Waals surface area contributed by atoms with E-state index in [1.165, 1.54) is 33.4 Å². The molecule has 0 atom stereocenters. The van der Waals surface area contributed by atoms with Crippen LogP contribution in [-0.2, 0) is 0 Å². The molecule has 0 heterocycles. The molecule has 0 saturated heterocycles. The van der Waals surface area contributed by atoms with Gasteiger partial charge in [0.15, 0.2) is 0 Å². The van der Waals surface area contributed by atoms with E-state index in [1.54, 1.807) is 6.34 Å². The fraction of sp³-hybridized carbons (Fsp3) is 0.316. The topological polar surface area (TPSA) is 24.4 Å². The highest BCUT2D eigenvalue weighted by Gasteiger charge is 2.03. The first-order valence-corrected chi connectivity index (χ1v) is 7.33. The molecule has 2 aromatic carbocycles. The molecule has 0 aliphatic heterocycles. The first-order chi connectivity index (χ1) is 9.88. The highest BCUT2D eigenvalue weighted by molar-refractivity contribution is 5.85. The Hall–Kier alpha value is -1.80. The average molecular weight is 317 g/mol. The number of rotatable bonds is 3. The largest absolute Gasteiger partial charge is 0.346 e. The molecule has 118 valence electrons. The molecule has 1 N–H and O–H groups in total. The molecular formula is C19H25ClN2. The summed E-state index contributed by atoms with van der Waals surface area (Å²) in [6, 6.07) is 8.71. The van der Waals surface area contributed by atoms with Gasteiger partial charge in [-0.25, -0.2) is 4.99 Å². The van der Waals surface area contributed by atoms with Gasteiger partial charge < -0.3 is 5.32 Å². The van der Waals surface area contributed by atoms with Gasteiger partial charge >= 0.3 is 0 Å². The van der Waals surface area contributed by atoms with Crippen LogP contribution >= 0.6 is 12.4 Å². The van der Waals surface area contributed by atoms with E-state index < -0.39 is 0 Å². The molecule has 0 aliphatic carbocycles. The van der Waals surface area contributed by atoms with Crippen LogP contribution in [-0.4, -0.2) is 6.34 Å². The van der Waals surface area contributed by atoms with Gasteiger partial charge in [0.1, 0.15) is 0 Å². The van der Waals surface area contributed by atoms with Crippen molar-refractivity contribution in [3.63, 3.8) is 0 Å². The van der Waals surface area contributed by atoms with Gasteiger partial charge in [-0.15, -0.1) is 12.4 Å². The van der Waals surface area contributed by atoms with Crippen LogP contribution in [0.15, 0.2) is 29.3 Å². The van der Waals surface area contributed by atoms with Crippen molar-refractivity contribution in [2.24, 2.45) is 4.99 Å². The Morgan fingerprint density at radius 2 is 1.14 bits per heavy atom. The number of nitrogens with zero attached hydrogens (tertiary/aromatic N) is 1. The molecule has 0 unspecified atom stereocenters. The van der Waals surface area contributed by atoms with Gasteiger partial charge in [-0.05, 0) is 63.8 Å². The molecule has 3 heteroatoms. The smallest absolute Gasteiger partial charge is 0.0930 e. The van der Waals surface area contributed by atoms with Gasteiger partial charge in [-0.3, -0.25) is 0 Å². The van der Waals surface area contributed by atoms with Gasteiger partial charge in [-0.1, -0.05) is 35.4 Å². The number of hydrogen-bond acceptors (Lipinski definition) is 1. The highest BCUT2D eigenvalue weighted by Crippen LogP contribution is 2.25. The molecule has 0 saturated carbocycles. The summed E-state index contributed by atoms with van der Waals surface area (Å²) in [5, 5.41) is 3.33. The van der Waals surface area contributed by atoms with Gasteiger partial charge in [0.25, 0.3) is 0 Å². The van der Waals surface area contributed by atoms with Gasteiger partial charge in [0.05, 0.1) is 12.0 Å². The lowest BCUT2D eigenvalue weighted by Gasteiger charge is -2.11. The van der Waals surface area contributed by atoms with Crippen molar-refractivity contribution in [1.29, 1.82) is 0 Å². The molecule has 0 spiro atoms. The van der Waals surface area contributed by atoms with Crippen LogP contribution in [0.1, 0.15) is 33.4 Å². The number of halogens is 1. The lowest BCUT2D eigenvalue weighted by Crippen LogP contribution is -2.00. The molecule has 0 aliphatic rings. The van der Waals surface area contributed by atoms with Crippen LogP contribution in [0.25, 0.3) is 0 Å². The van der Waals surface area contributed by atoms with Crippen molar-refractivity contribution >= 4 is 30.1 Å². The summed E-state index contributed by atoms with van der Waals surface area (Å²) in [6.07, 6.45) is 1.80. The minimum absolute atomic E-state index is 0. The molecular weight excluding hydrogens is 292 g/mol. The van der Waals surface area contributed by atoms with Gasteiger partial charge in [0, 0.05) is 5.69 Å².